The van der Waals surface area contributed by atoms with Gasteiger partial charge in [-0.05, 0) is 17.8 Å². The Hall–Kier alpha value is -0.520. The molecule has 0 bridgehead atoms. The van der Waals surface area contributed by atoms with Crippen molar-refractivity contribution in [1.82, 2.24) is 0 Å². The normalized spacial score (nSPS) is 10.3. The van der Waals surface area contributed by atoms with Gasteiger partial charge in [0, 0.05) is 0 Å². The Kier molecular flexibility index (Phi) is 9.77. The van der Waals surface area contributed by atoms with Crippen LogP contribution in [0.15, 0.2) is 25.3 Å². The highest BCUT2D eigenvalue weighted by atomic mass is 14.3. The Balaban J connectivity index is -0.000000220. The lowest BCUT2D eigenvalue weighted by Crippen LogP contribution is -2.26. The average Bonchev–Trinajstić information content (AvgIpc) is 1.87. The lowest BCUT2D eigenvalue weighted by Gasteiger charge is -2.35. The van der Waals surface area contributed by atoms with Crippen LogP contribution in [0.5, 0.6) is 0 Å². The van der Waals surface area contributed by atoms with E-state index in [-0.39, 0.29) is 12.8 Å². The maximum atomic E-state index is 3.80. The summed E-state index contributed by atoms with van der Waals surface area (Å²) in [7, 11) is 0. The molecule has 0 unspecified atom stereocenters. The van der Waals surface area contributed by atoms with Crippen LogP contribution in [0, 0.1) is 10.8 Å². The first-order chi connectivity index (χ1) is 5.22. The summed E-state index contributed by atoms with van der Waals surface area (Å²) in [5.74, 6) is 0. The summed E-state index contributed by atoms with van der Waals surface area (Å²) in [6.45, 7) is 20.2. The minimum absolute atomic E-state index is 0. The molecule has 0 radical (unpaired) electrons. The predicted octanol–water partition coefficient (Wildman–Crippen LogP) is 5.07. The van der Waals surface area contributed by atoms with Crippen molar-refractivity contribution in [2.75, 3.05) is 0 Å². The highest BCUT2D eigenvalue weighted by molar-refractivity contribution is 4.95. The van der Waals surface area contributed by atoms with E-state index >= 15 is 0 Å². The molecule has 0 saturated carbocycles. The molecule has 0 rings (SSSR count). The van der Waals surface area contributed by atoms with Crippen LogP contribution < -0.4 is 0 Å². The molecule has 0 aromatic heterocycles. The minimum atomic E-state index is 0. The van der Waals surface area contributed by atoms with Crippen molar-refractivity contribution >= 4 is 0 Å². The summed E-state index contributed by atoms with van der Waals surface area (Å²) >= 11 is 0. The van der Waals surface area contributed by atoms with Gasteiger partial charge in [0.05, 0.1) is 0 Å². The van der Waals surface area contributed by atoms with Crippen molar-refractivity contribution in [1.29, 1.82) is 0 Å². The van der Waals surface area contributed by atoms with Gasteiger partial charge in [-0.25, -0.2) is 0 Å². The Morgan fingerprint density at radius 2 is 1.15 bits per heavy atom. The molecule has 0 heterocycles. The van der Waals surface area contributed by atoms with Crippen LogP contribution in [0.2, 0.25) is 0 Å². The molecule has 0 heteroatoms. The predicted molar refractivity (Wildman–Crippen MR) is 66.0 cm³/mol. The first kappa shape index (κ1) is 18.3. The Morgan fingerprint density at radius 3 is 1.15 bits per heavy atom. The summed E-state index contributed by atoms with van der Waals surface area (Å²) in [6.07, 6.45) is 3.77. The molecular formula is C13H28. The van der Waals surface area contributed by atoms with E-state index in [9.17, 15) is 0 Å². The molecule has 0 nitrogen and oxygen atoms in total. The molecule has 0 atom stereocenters. The molecule has 0 aromatic rings. The fourth-order valence-electron chi connectivity index (χ4n) is 0.306. The van der Waals surface area contributed by atoms with Crippen molar-refractivity contribution in [3.05, 3.63) is 25.3 Å². The van der Waals surface area contributed by atoms with Gasteiger partial charge < -0.3 is 0 Å². The fraction of sp³-hybridized carbons (Fsp3) is 0.692. The smallest absolute Gasteiger partial charge is 0.0129 e. The minimum Gasteiger partial charge on any atom is -0.103 e. The molecule has 0 aromatic carbocycles. The first-order valence-corrected chi connectivity index (χ1v) is 4.43. The number of hydrogen-bond donors (Lipinski definition) is 0. The molecule has 0 aliphatic rings. The van der Waals surface area contributed by atoms with Gasteiger partial charge in [-0.2, -0.15) is 0 Å². The quantitative estimate of drug-likeness (QED) is 0.499. The SMILES string of the molecule is C.C=CC.C=CC(C)(C)C(C)(C)C. The van der Waals surface area contributed by atoms with Crippen LogP contribution in [0.4, 0.5) is 0 Å². The standard InChI is InChI=1S/C9H18.C3H6.CH4/c1-7-9(5,6)8(2,3)4;1-3-2;/h7H,1H2,2-6H3;3H,1H2,2H3;1H4. The van der Waals surface area contributed by atoms with Crippen LogP contribution in [-0.2, 0) is 0 Å². The van der Waals surface area contributed by atoms with Crippen LogP contribution >= 0.6 is 0 Å². The van der Waals surface area contributed by atoms with Gasteiger partial charge in [0.2, 0.25) is 0 Å². The van der Waals surface area contributed by atoms with E-state index in [1.54, 1.807) is 6.08 Å². The van der Waals surface area contributed by atoms with Gasteiger partial charge in [0.1, 0.15) is 0 Å². The van der Waals surface area contributed by atoms with E-state index in [1.807, 2.05) is 13.0 Å². The number of allylic oxidation sites excluding steroid dienone is 2. The van der Waals surface area contributed by atoms with Gasteiger partial charge in [0.15, 0.2) is 0 Å². The molecule has 0 amide bonds. The zero-order valence-corrected chi connectivity index (χ0v) is 9.57. The van der Waals surface area contributed by atoms with Gasteiger partial charge in [-0.15, -0.1) is 13.2 Å². The summed E-state index contributed by atoms with van der Waals surface area (Å²) < 4.78 is 0. The molecule has 13 heavy (non-hydrogen) atoms. The van der Waals surface area contributed by atoms with E-state index in [2.05, 4.69) is 47.8 Å². The summed E-state index contributed by atoms with van der Waals surface area (Å²) in [4.78, 5) is 0. The van der Waals surface area contributed by atoms with Crippen molar-refractivity contribution < 1.29 is 0 Å². The Morgan fingerprint density at radius 1 is 0.923 bits per heavy atom. The maximum absolute atomic E-state index is 3.80. The van der Waals surface area contributed by atoms with Gasteiger partial charge >= 0.3 is 0 Å². The molecule has 0 aliphatic carbocycles. The van der Waals surface area contributed by atoms with E-state index in [4.69, 9.17) is 0 Å². The molecule has 80 valence electrons. The lowest BCUT2D eigenvalue weighted by atomic mass is 9.70. The third kappa shape index (κ3) is 7.83. The number of hydrogen-bond acceptors (Lipinski definition) is 0. The monoisotopic (exact) mass is 184 g/mol. The maximum Gasteiger partial charge on any atom is -0.0129 e. The molecule has 0 spiro atoms. The molecular weight excluding hydrogens is 156 g/mol. The van der Waals surface area contributed by atoms with E-state index in [1.165, 1.54) is 0 Å². The zero-order valence-electron chi connectivity index (χ0n) is 9.57. The summed E-state index contributed by atoms with van der Waals surface area (Å²) in [5, 5.41) is 0. The van der Waals surface area contributed by atoms with Crippen molar-refractivity contribution in [2.24, 2.45) is 10.8 Å². The first-order valence-electron chi connectivity index (χ1n) is 4.43. The average molecular weight is 184 g/mol. The molecule has 0 fully saturated rings. The van der Waals surface area contributed by atoms with Crippen LogP contribution in [-0.4, -0.2) is 0 Å². The van der Waals surface area contributed by atoms with Crippen LogP contribution in [0.3, 0.4) is 0 Å². The van der Waals surface area contributed by atoms with Gasteiger partial charge in [-0.1, -0.05) is 54.2 Å². The summed E-state index contributed by atoms with van der Waals surface area (Å²) in [6, 6.07) is 0. The van der Waals surface area contributed by atoms with Crippen molar-refractivity contribution in [3.63, 3.8) is 0 Å². The highest BCUT2D eigenvalue weighted by Gasteiger charge is 2.28. The Labute approximate surface area is 85.8 Å². The molecule has 0 saturated heterocycles. The van der Waals surface area contributed by atoms with Crippen LogP contribution in [0.25, 0.3) is 0 Å². The van der Waals surface area contributed by atoms with Crippen molar-refractivity contribution in [2.45, 2.75) is 49.0 Å². The third-order valence-corrected chi connectivity index (χ3v) is 2.44. The summed E-state index contributed by atoms with van der Waals surface area (Å²) in [5.41, 5.74) is 0.571. The second-order valence-electron chi connectivity index (χ2n) is 4.58. The molecule has 0 N–H and O–H groups in total. The van der Waals surface area contributed by atoms with Gasteiger partial charge in [0.25, 0.3) is 0 Å². The topological polar surface area (TPSA) is 0 Å². The van der Waals surface area contributed by atoms with E-state index in [0.717, 1.165) is 0 Å². The van der Waals surface area contributed by atoms with Gasteiger partial charge in [-0.3, -0.25) is 0 Å². The van der Waals surface area contributed by atoms with E-state index < -0.39 is 0 Å². The van der Waals surface area contributed by atoms with Crippen molar-refractivity contribution in [3.8, 4) is 0 Å². The lowest BCUT2D eigenvalue weighted by molar-refractivity contribution is 0.193. The largest absolute Gasteiger partial charge is 0.103 e. The van der Waals surface area contributed by atoms with E-state index in [0.29, 0.717) is 5.41 Å². The second-order valence-corrected chi connectivity index (χ2v) is 4.58. The second kappa shape index (κ2) is 6.94. The zero-order chi connectivity index (χ0) is 10.4. The van der Waals surface area contributed by atoms with Crippen LogP contribution in [0.1, 0.15) is 49.0 Å². The molecule has 0 aliphatic heterocycles. The fourth-order valence-corrected chi connectivity index (χ4v) is 0.306. The third-order valence-electron chi connectivity index (χ3n) is 2.44. The Bertz CT molecular complexity index is 133. The number of rotatable bonds is 1. The highest BCUT2D eigenvalue weighted by Crippen LogP contribution is 2.38.